The highest BCUT2D eigenvalue weighted by Gasteiger charge is 2.34. The van der Waals surface area contributed by atoms with Crippen LogP contribution in [0.2, 0.25) is 0 Å². The van der Waals surface area contributed by atoms with E-state index in [1.807, 2.05) is 0 Å². The molecule has 1 aliphatic rings. The van der Waals surface area contributed by atoms with E-state index in [2.05, 4.69) is 32.6 Å². The molecule has 1 N–H and O–H groups in total. The summed E-state index contributed by atoms with van der Waals surface area (Å²) in [5.74, 6) is 1.46. The molecule has 2 nitrogen and oxygen atoms in total. The molecule has 1 atom stereocenters. The monoisotopic (exact) mass is 227 g/mol. The predicted molar refractivity (Wildman–Crippen MR) is 69.5 cm³/mol. The third-order valence-electron chi connectivity index (χ3n) is 4.16. The Hall–Kier alpha value is -0.0800. The van der Waals surface area contributed by atoms with Gasteiger partial charge in [0.2, 0.25) is 0 Å². The van der Waals surface area contributed by atoms with Gasteiger partial charge in [-0.1, -0.05) is 27.7 Å². The van der Waals surface area contributed by atoms with Crippen LogP contribution in [0.4, 0.5) is 0 Å². The van der Waals surface area contributed by atoms with Gasteiger partial charge in [-0.25, -0.2) is 0 Å². The third kappa shape index (κ3) is 4.06. The average molecular weight is 227 g/mol. The fourth-order valence-corrected chi connectivity index (χ4v) is 2.58. The maximum atomic E-state index is 9.14. The molecule has 0 amide bonds. The van der Waals surface area contributed by atoms with Crippen molar-refractivity contribution in [3.05, 3.63) is 0 Å². The van der Waals surface area contributed by atoms with Gasteiger partial charge < -0.3 is 10.0 Å². The molecular weight excluding hydrogens is 198 g/mol. The molecule has 16 heavy (non-hydrogen) atoms. The molecule has 1 fully saturated rings. The van der Waals surface area contributed by atoms with Crippen LogP contribution in [0.3, 0.4) is 0 Å². The number of likely N-dealkylation sites (tertiary alicyclic amines) is 1. The molecule has 1 heterocycles. The van der Waals surface area contributed by atoms with Crippen LogP contribution in [0, 0.1) is 17.3 Å². The highest BCUT2D eigenvalue weighted by molar-refractivity contribution is 4.86. The molecule has 0 aliphatic carbocycles. The number of nitrogens with zero attached hydrogens (tertiary/aromatic N) is 1. The molecule has 0 bridgehead atoms. The number of hydrogen-bond acceptors (Lipinski definition) is 2. The smallest absolute Gasteiger partial charge is 0.0434 e. The first-order chi connectivity index (χ1) is 7.45. The van der Waals surface area contributed by atoms with Crippen molar-refractivity contribution in [2.45, 2.75) is 47.0 Å². The standard InChI is InChI=1S/C14H29NO/c1-12(2)5-8-15-9-7-14(3,4)13(11-15)6-10-16/h12-13,16H,5-11H2,1-4H3. The zero-order valence-electron chi connectivity index (χ0n) is 11.5. The maximum Gasteiger partial charge on any atom is 0.0434 e. The van der Waals surface area contributed by atoms with Gasteiger partial charge in [-0.05, 0) is 49.6 Å². The van der Waals surface area contributed by atoms with Crippen LogP contribution >= 0.6 is 0 Å². The Bertz CT molecular complexity index is 199. The largest absolute Gasteiger partial charge is 0.396 e. The van der Waals surface area contributed by atoms with E-state index in [-0.39, 0.29) is 0 Å². The van der Waals surface area contributed by atoms with Gasteiger partial charge in [0.25, 0.3) is 0 Å². The summed E-state index contributed by atoms with van der Waals surface area (Å²) < 4.78 is 0. The first-order valence-corrected chi connectivity index (χ1v) is 6.79. The van der Waals surface area contributed by atoms with Gasteiger partial charge >= 0.3 is 0 Å². The minimum absolute atomic E-state index is 0.339. The van der Waals surface area contributed by atoms with E-state index in [0.29, 0.717) is 17.9 Å². The lowest BCUT2D eigenvalue weighted by atomic mass is 9.72. The van der Waals surface area contributed by atoms with Crippen LogP contribution in [0.1, 0.15) is 47.0 Å². The highest BCUT2D eigenvalue weighted by atomic mass is 16.3. The van der Waals surface area contributed by atoms with Crippen LogP contribution in [0.25, 0.3) is 0 Å². The lowest BCUT2D eigenvalue weighted by Gasteiger charge is -2.44. The number of piperidine rings is 1. The van der Waals surface area contributed by atoms with Crippen molar-refractivity contribution in [2.75, 3.05) is 26.2 Å². The predicted octanol–water partition coefficient (Wildman–Crippen LogP) is 2.76. The molecule has 0 spiro atoms. The Morgan fingerprint density at radius 1 is 1.38 bits per heavy atom. The van der Waals surface area contributed by atoms with Crippen molar-refractivity contribution < 1.29 is 5.11 Å². The first kappa shape index (κ1) is 14.0. The third-order valence-corrected chi connectivity index (χ3v) is 4.16. The van der Waals surface area contributed by atoms with Gasteiger partial charge in [0.15, 0.2) is 0 Å². The Morgan fingerprint density at radius 2 is 2.06 bits per heavy atom. The summed E-state index contributed by atoms with van der Waals surface area (Å²) in [6.07, 6.45) is 3.53. The van der Waals surface area contributed by atoms with Crippen LogP contribution in [-0.2, 0) is 0 Å². The molecule has 2 heteroatoms. The molecule has 1 aliphatic heterocycles. The average Bonchev–Trinajstić information content (AvgIpc) is 2.19. The normalized spacial score (nSPS) is 26.2. The topological polar surface area (TPSA) is 23.5 Å². The number of rotatable bonds is 5. The molecule has 1 rings (SSSR count). The van der Waals surface area contributed by atoms with E-state index in [9.17, 15) is 0 Å². The Kier molecular flexibility index (Phi) is 5.26. The highest BCUT2D eigenvalue weighted by Crippen LogP contribution is 2.37. The fraction of sp³-hybridized carbons (Fsp3) is 1.00. The molecule has 0 aromatic carbocycles. The summed E-state index contributed by atoms with van der Waals surface area (Å²) in [6.45, 7) is 13.3. The summed E-state index contributed by atoms with van der Waals surface area (Å²) >= 11 is 0. The van der Waals surface area contributed by atoms with Crippen LogP contribution < -0.4 is 0 Å². The molecule has 0 aromatic rings. The zero-order chi connectivity index (χ0) is 12.2. The SMILES string of the molecule is CC(C)CCN1CCC(C)(C)C(CCO)C1. The summed E-state index contributed by atoms with van der Waals surface area (Å²) in [5.41, 5.74) is 0.414. The molecule has 0 radical (unpaired) electrons. The van der Waals surface area contributed by atoms with Gasteiger partial charge in [-0.3, -0.25) is 0 Å². The van der Waals surface area contributed by atoms with Crippen LogP contribution in [-0.4, -0.2) is 36.2 Å². The van der Waals surface area contributed by atoms with Gasteiger partial charge in [-0.15, -0.1) is 0 Å². The minimum atomic E-state index is 0.339. The summed E-state index contributed by atoms with van der Waals surface area (Å²) in [7, 11) is 0. The fourth-order valence-electron chi connectivity index (χ4n) is 2.58. The second-order valence-electron chi connectivity index (χ2n) is 6.43. The second-order valence-corrected chi connectivity index (χ2v) is 6.43. The van der Waals surface area contributed by atoms with Crippen LogP contribution in [0.5, 0.6) is 0 Å². The van der Waals surface area contributed by atoms with Crippen molar-refractivity contribution >= 4 is 0 Å². The van der Waals surface area contributed by atoms with Gasteiger partial charge in [0, 0.05) is 13.2 Å². The summed E-state index contributed by atoms with van der Waals surface area (Å²) in [6, 6.07) is 0. The molecule has 0 aromatic heterocycles. The first-order valence-electron chi connectivity index (χ1n) is 6.79. The Morgan fingerprint density at radius 3 is 2.62 bits per heavy atom. The van der Waals surface area contributed by atoms with E-state index in [0.717, 1.165) is 12.3 Å². The number of hydrogen-bond donors (Lipinski definition) is 1. The number of aliphatic hydroxyl groups is 1. The maximum absolute atomic E-state index is 9.14. The van der Waals surface area contributed by atoms with E-state index >= 15 is 0 Å². The lowest BCUT2D eigenvalue weighted by molar-refractivity contribution is 0.0418. The van der Waals surface area contributed by atoms with Gasteiger partial charge in [0.05, 0.1) is 0 Å². The van der Waals surface area contributed by atoms with Gasteiger partial charge in [0.1, 0.15) is 0 Å². The molecular formula is C14H29NO. The van der Waals surface area contributed by atoms with Gasteiger partial charge in [-0.2, -0.15) is 0 Å². The number of aliphatic hydroxyl groups excluding tert-OH is 1. The van der Waals surface area contributed by atoms with Crippen molar-refractivity contribution in [1.82, 2.24) is 4.90 Å². The van der Waals surface area contributed by atoms with Crippen molar-refractivity contribution in [3.8, 4) is 0 Å². The quantitative estimate of drug-likeness (QED) is 0.780. The molecule has 96 valence electrons. The van der Waals surface area contributed by atoms with Crippen LogP contribution in [0.15, 0.2) is 0 Å². The van der Waals surface area contributed by atoms with Crippen molar-refractivity contribution in [2.24, 2.45) is 17.3 Å². The Balaban J connectivity index is 2.42. The van der Waals surface area contributed by atoms with E-state index in [1.54, 1.807) is 0 Å². The summed E-state index contributed by atoms with van der Waals surface area (Å²) in [4.78, 5) is 2.59. The molecule has 1 saturated heterocycles. The van der Waals surface area contributed by atoms with Crippen molar-refractivity contribution in [3.63, 3.8) is 0 Å². The van der Waals surface area contributed by atoms with E-state index in [4.69, 9.17) is 5.11 Å². The zero-order valence-corrected chi connectivity index (χ0v) is 11.5. The summed E-state index contributed by atoms with van der Waals surface area (Å²) in [5, 5.41) is 9.14. The van der Waals surface area contributed by atoms with E-state index in [1.165, 1.54) is 32.5 Å². The lowest BCUT2D eigenvalue weighted by Crippen LogP contribution is -2.45. The van der Waals surface area contributed by atoms with Crippen molar-refractivity contribution in [1.29, 1.82) is 0 Å². The minimum Gasteiger partial charge on any atom is -0.396 e. The molecule has 1 unspecified atom stereocenters. The van der Waals surface area contributed by atoms with E-state index < -0.39 is 0 Å². The second kappa shape index (κ2) is 6.02. The molecule has 0 saturated carbocycles. The Labute approximate surface area is 101 Å².